The van der Waals surface area contributed by atoms with E-state index in [-0.39, 0.29) is 12.5 Å². The molecule has 0 aromatic heterocycles. The first-order valence-corrected chi connectivity index (χ1v) is 5.69. The van der Waals surface area contributed by atoms with Crippen LogP contribution in [0.4, 0.5) is 0 Å². The molecule has 0 saturated heterocycles. The third-order valence-corrected chi connectivity index (χ3v) is 3.39. The lowest BCUT2D eigenvalue weighted by Crippen LogP contribution is -2.37. The molecule has 0 aliphatic heterocycles. The monoisotopic (exact) mass is 221 g/mol. The van der Waals surface area contributed by atoms with Gasteiger partial charge in [0.25, 0.3) is 0 Å². The summed E-state index contributed by atoms with van der Waals surface area (Å²) >= 11 is 0. The zero-order valence-corrected chi connectivity index (χ0v) is 9.86. The lowest BCUT2D eigenvalue weighted by molar-refractivity contribution is 0.0199. The van der Waals surface area contributed by atoms with E-state index < -0.39 is 5.60 Å². The van der Waals surface area contributed by atoms with Gasteiger partial charge in [-0.1, -0.05) is 11.6 Å². The van der Waals surface area contributed by atoms with E-state index >= 15 is 0 Å². The van der Waals surface area contributed by atoms with E-state index in [1.54, 1.807) is 7.11 Å². The molecule has 0 bridgehead atoms. The van der Waals surface area contributed by atoms with E-state index in [1.807, 2.05) is 25.1 Å². The first-order chi connectivity index (χ1) is 7.61. The van der Waals surface area contributed by atoms with Crippen LogP contribution in [0, 0.1) is 12.8 Å². The quantitative estimate of drug-likeness (QED) is 0.811. The van der Waals surface area contributed by atoms with Crippen molar-refractivity contribution in [1.82, 2.24) is 0 Å². The van der Waals surface area contributed by atoms with Crippen molar-refractivity contribution in [3.63, 3.8) is 0 Å². The summed E-state index contributed by atoms with van der Waals surface area (Å²) in [7, 11) is 1.62. The first-order valence-electron chi connectivity index (χ1n) is 5.69. The molecule has 1 aliphatic carbocycles. The Labute approximate surface area is 96.2 Å². The van der Waals surface area contributed by atoms with Crippen molar-refractivity contribution in [2.24, 2.45) is 11.7 Å². The third-order valence-electron chi connectivity index (χ3n) is 3.39. The molecule has 16 heavy (non-hydrogen) atoms. The number of benzene rings is 1. The van der Waals surface area contributed by atoms with Gasteiger partial charge >= 0.3 is 0 Å². The van der Waals surface area contributed by atoms with Gasteiger partial charge in [0.05, 0.1) is 7.11 Å². The van der Waals surface area contributed by atoms with Gasteiger partial charge in [0.2, 0.25) is 0 Å². The Hall–Kier alpha value is -1.06. The summed E-state index contributed by atoms with van der Waals surface area (Å²) in [5.74, 6) is 1.01. The van der Waals surface area contributed by atoms with E-state index in [9.17, 15) is 5.11 Å². The summed E-state index contributed by atoms with van der Waals surface area (Å²) in [6, 6.07) is 5.85. The van der Waals surface area contributed by atoms with Gasteiger partial charge in [-0.05, 0) is 37.8 Å². The molecule has 1 atom stereocenters. The highest BCUT2D eigenvalue weighted by molar-refractivity contribution is 5.42. The standard InChI is InChI=1S/C13H19NO2/c1-9-3-6-12(16-2)11(7-9)13(15,8-14)10-4-5-10/h3,6-7,10,15H,4-5,8,14H2,1-2H3. The van der Waals surface area contributed by atoms with Crippen LogP contribution in [-0.4, -0.2) is 18.8 Å². The SMILES string of the molecule is COc1ccc(C)cc1C(O)(CN)C1CC1. The summed E-state index contributed by atoms with van der Waals surface area (Å²) in [5.41, 5.74) is 6.78. The fourth-order valence-corrected chi connectivity index (χ4v) is 2.22. The number of ether oxygens (including phenoxy) is 1. The number of methoxy groups -OCH3 is 1. The zero-order chi connectivity index (χ0) is 11.8. The molecule has 0 amide bonds. The number of rotatable bonds is 4. The summed E-state index contributed by atoms with van der Waals surface area (Å²) in [4.78, 5) is 0. The fraction of sp³-hybridized carbons (Fsp3) is 0.538. The van der Waals surface area contributed by atoms with Crippen LogP contribution in [0.1, 0.15) is 24.0 Å². The van der Waals surface area contributed by atoms with Crippen LogP contribution >= 0.6 is 0 Å². The van der Waals surface area contributed by atoms with Crippen molar-refractivity contribution in [3.8, 4) is 5.75 Å². The number of hydrogen-bond acceptors (Lipinski definition) is 3. The van der Waals surface area contributed by atoms with Gasteiger partial charge in [0.15, 0.2) is 0 Å². The number of aliphatic hydroxyl groups is 1. The maximum absolute atomic E-state index is 10.7. The molecule has 1 saturated carbocycles. The van der Waals surface area contributed by atoms with Crippen molar-refractivity contribution in [3.05, 3.63) is 29.3 Å². The van der Waals surface area contributed by atoms with E-state index in [0.717, 1.165) is 29.7 Å². The molecule has 3 heteroatoms. The predicted molar refractivity (Wildman–Crippen MR) is 63.4 cm³/mol. The van der Waals surface area contributed by atoms with Gasteiger partial charge < -0.3 is 15.6 Å². The number of nitrogens with two attached hydrogens (primary N) is 1. The Kier molecular flexibility index (Phi) is 2.91. The Bertz CT molecular complexity index is 388. The van der Waals surface area contributed by atoms with E-state index in [4.69, 9.17) is 10.5 Å². The molecule has 1 fully saturated rings. The van der Waals surface area contributed by atoms with Crippen LogP contribution in [0.2, 0.25) is 0 Å². The average molecular weight is 221 g/mol. The Morgan fingerprint density at radius 1 is 1.50 bits per heavy atom. The fourth-order valence-electron chi connectivity index (χ4n) is 2.22. The lowest BCUT2D eigenvalue weighted by atomic mass is 9.87. The molecular weight excluding hydrogens is 202 g/mol. The minimum Gasteiger partial charge on any atom is -0.496 e. The molecule has 1 unspecified atom stereocenters. The molecule has 1 aromatic carbocycles. The van der Waals surface area contributed by atoms with Crippen LogP contribution in [-0.2, 0) is 5.60 Å². The summed E-state index contributed by atoms with van der Waals surface area (Å²) < 4.78 is 5.31. The van der Waals surface area contributed by atoms with Crippen LogP contribution < -0.4 is 10.5 Å². The molecule has 2 rings (SSSR count). The second-order valence-corrected chi connectivity index (χ2v) is 4.61. The maximum Gasteiger partial charge on any atom is 0.125 e. The smallest absolute Gasteiger partial charge is 0.125 e. The first kappa shape index (κ1) is 11.4. The molecule has 0 spiro atoms. The van der Waals surface area contributed by atoms with Crippen LogP contribution in [0.25, 0.3) is 0 Å². The van der Waals surface area contributed by atoms with Crippen LogP contribution in [0.5, 0.6) is 5.75 Å². The van der Waals surface area contributed by atoms with Crippen molar-refractivity contribution >= 4 is 0 Å². The summed E-state index contributed by atoms with van der Waals surface area (Å²) in [6.45, 7) is 2.25. The highest BCUT2D eigenvalue weighted by Crippen LogP contribution is 2.47. The van der Waals surface area contributed by atoms with Crippen molar-refractivity contribution < 1.29 is 9.84 Å². The molecule has 3 N–H and O–H groups in total. The zero-order valence-electron chi connectivity index (χ0n) is 9.86. The van der Waals surface area contributed by atoms with Crippen molar-refractivity contribution in [1.29, 1.82) is 0 Å². The normalized spacial score (nSPS) is 19.2. The molecule has 3 nitrogen and oxygen atoms in total. The van der Waals surface area contributed by atoms with Gasteiger partial charge in [-0.15, -0.1) is 0 Å². The predicted octanol–water partition coefficient (Wildman–Crippen LogP) is 1.56. The summed E-state index contributed by atoms with van der Waals surface area (Å²) in [5, 5.41) is 10.7. The molecule has 88 valence electrons. The van der Waals surface area contributed by atoms with Crippen LogP contribution in [0.15, 0.2) is 18.2 Å². The second-order valence-electron chi connectivity index (χ2n) is 4.61. The summed E-state index contributed by atoms with van der Waals surface area (Å²) in [6.07, 6.45) is 2.09. The lowest BCUT2D eigenvalue weighted by Gasteiger charge is -2.29. The Morgan fingerprint density at radius 2 is 2.19 bits per heavy atom. The van der Waals surface area contributed by atoms with Gasteiger partial charge in [-0.2, -0.15) is 0 Å². The van der Waals surface area contributed by atoms with Crippen molar-refractivity contribution in [2.75, 3.05) is 13.7 Å². The van der Waals surface area contributed by atoms with Gasteiger partial charge in [-0.3, -0.25) is 0 Å². The highest BCUT2D eigenvalue weighted by atomic mass is 16.5. The van der Waals surface area contributed by atoms with Crippen molar-refractivity contribution in [2.45, 2.75) is 25.4 Å². The maximum atomic E-state index is 10.7. The van der Waals surface area contributed by atoms with Gasteiger partial charge in [0, 0.05) is 12.1 Å². The average Bonchev–Trinajstić information content (AvgIpc) is 3.12. The second kappa shape index (κ2) is 4.07. The number of aryl methyl sites for hydroxylation is 1. The molecule has 1 aromatic rings. The minimum atomic E-state index is -0.919. The molecule has 1 aliphatic rings. The Morgan fingerprint density at radius 3 is 2.69 bits per heavy atom. The largest absolute Gasteiger partial charge is 0.496 e. The topological polar surface area (TPSA) is 55.5 Å². The third kappa shape index (κ3) is 1.81. The minimum absolute atomic E-state index is 0.248. The van der Waals surface area contributed by atoms with Gasteiger partial charge in [0.1, 0.15) is 11.4 Å². The van der Waals surface area contributed by atoms with E-state index in [0.29, 0.717) is 0 Å². The van der Waals surface area contributed by atoms with Gasteiger partial charge in [-0.25, -0.2) is 0 Å². The van der Waals surface area contributed by atoms with E-state index in [2.05, 4.69) is 0 Å². The molecule has 0 radical (unpaired) electrons. The molecule has 0 heterocycles. The molecular formula is C13H19NO2. The van der Waals surface area contributed by atoms with E-state index in [1.165, 1.54) is 0 Å². The Balaban J connectivity index is 2.47. The highest BCUT2D eigenvalue weighted by Gasteiger charge is 2.45. The number of hydrogen-bond donors (Lipinski definition) is 2. The van der Waals surface area contributed by atoms with Crippen LogP contribution in [0.3, 0.4) is 0 Å².